The van der Waals surface area contributed by atoms with Crippen LogP contribution in [-0.4, -0.2) is 32.3 Å². The Morgan fingerprint density at radius 2 is 2.03 bits per heavy atom. The molecular formula is C25H28N2O4. The zero-order valence-corrected chi connectivity index (χ0v) is 18.2. The van der Waals surface area contributed by atoms with Crippen molar-refractivity contribution in [2.45, 2.75) is 38.7 Å². The Labute approximate surface area is 181 Å². The van der Waals surface area contributed by atoms with Crippen LogP contribution >= 0.6 is 0 Å². The van der Waals surface area contributed by atoms with E-state index in [1.807, 2.05) is 42.5 Å². The van der Waals surface area contributed by atoms with Crippen molar-refractivity contribution < 1.29 is 18.7 Å². The van der Waals surface area contributed by atoms with E-state index < -0.39 is 0 Å². The molecule has 3 aromatic rings. The molecule has 162 valence electrons. The van der Waals surface area contributed by atoms with E-state index in [1.165, 1.54) is 5.56 Å². The van der Waals surface area contributed by atoms with Crippen LogP contribution in [-0.2, 0) is 4.74 Å². The average Bonchev–Trinajstić information content (AvgIpc) is 3.30. The van der Waals surface area contributed by atoms with Crippen LogP contribution in [0.1, 0.15) is 48.5 Å². The smallest absolute Gasteiger partial charge is 0.256 e. The Kier molecular flexibility index (Phi) is 6.37. The summed E-state index contributed by atoms with van der Waals surface area (Å²) in [6, 6.07) is 15.3. The summed E-state index contributed by atoms with van der Waals surface area (Å²) < 4.78 is 17.2. The van der Waals surface area contributed by atoms with Crippen molar-refractivity contribution in [1.29, 1.82) is 0 Å². The summed E-state index contributed by atoms with van der Waals surface area (Å²) in [7, 11) is 1.59. The number of hydrogen-bond acceptors (Lipinski definition) is 5. The third-order valence-electron chi connectivity index (χ3n) is 5.51. The van der Waals surface area contributed by atoms with E-state index in [4.69, 9.17) is 13.9 Å². The molecule has 2 aromatic carbocycles. The molecule has 31 heavy (non-hydrogen) atoms. The predicted octanol–water partition coefficient (Wildman–Crippen LogP) is 4.71. The van der Waals surface area contributed by atoms with Crippen LogP contribution in [0.2, 0.25) is 0 Å². The molecule has 6 nitrogen and oxygen atoms in total. The molecule has 1 aliphatic heterocycles. The van der Waals surface area contributed by atoms with Gasteiger partial charge >= 0.3 is 0 Å². The zero-order chi connectivity index (χ0) is 21.8. The second kappa shape index (κ2) is 9.35. The van der Waals surface area contributed by atoms with E-state index in [2.05, 4.69) is 24.2 Å². The van der Waals surface area contributed by atoms with Crippen molar-refractivity contribution >= 4 is 22.6 Å². The molecule has 1 saturated heterocycles. The molecular weight excluding hydrogens is 392 g/mol. The lowest BCUT2D eigenvalue weighted by molar-refractivity contribution is 0.0854. The van der Waals surface area contributed by atoms with Gasteiger partial charge in [-0.05, 0) is 48.6 Å². The summed E-state index contributed by atoms with van der Waals surface area (Å²) >= 11 is 0. The number of nitrogens with zero attached hydrogens (tertiary/aromatic N) is 1. The van der Waals surface area contributed by atoms with Crippen LogP contribution in [0, 0.1) is 0 Å². The number of amides is 1. The number of methoxy groups -OCH3 is 1. The van der Waals surface area contributed by atoms with Crippen LogP contribution in [0.4, 0.5) is 5.69 Å². The molecule has 0 spiro atoms. The number of benzene rings is 2. The van der Waals surface area contributed by atoms with Gasteiger partial charge in [-0.25, -0.2) is 4.99 Å². The van der Waals surface area contributed by atoms with Crippen molar-refractivity contribution in [2.24, 2.45) is 4.99 Å². The molecule has 1 unspecified atom stereocenters. The molecule has 4 rings (SSSR count). The van der Waals surface area contributed by atoms with E-state index in [0.717, 1.165) is 30.5 Å². The molecule has 0 radical (unpaired) electrons. The van der Waals surface area contributed by atoms with Gasteiger partial charge in [0.05, 0.1) is 18.9 Å². The average molecular weight is 421 g/mol. The first-order chi connectivity index (χ1) is 15.0. The van der Waals surface area contributed by atoms with Crippen molar-refractivity contribution in [3.8, 4) is 5.75 Å². The lowest BCUT2D eigenvalue weighted by Crippen LogP contribution is -2.34. The minimum absolute atomic E-state index is 0.0606. The van der Waals surface area contributed by atoms with Crippen LogP contribution in [0.15, 0.2) is 57.9 Å². The number of carbonyl (C=O) groups excluding carboxylic acids is 1. The van der Waals surface area contributed by atoms with Crippen molar-refractivity contribution in [3.63, 3.8) is 0 Å². The van der Waals surface area contributed by atoms with Gasteiger partial charge in [-0.1, -0.05) is 38.1 Å². The molecule has 0 saturated carbocycles. The Morgan fingerprint density at radius 3 is 2.71 bits per heavy atom. The molecule has 1 aromatic heterocycles. The fourth-order valence-corrected chi connectivity index (χ4v) is 3.69. The van der Waals surface area contributed by atoms with Crippen molar-refractivity contribution in [3.05, 3.63) is 65.2 Å². The lowest BCUT2D eigenvalue weighted by Gasteiger charge is -2.12. The monoisotopic (exact) mass is 420 g/mol. The molecule has 1 N–H and O–H groups in total. The maximum atomic E-state index is 13.0. The number of ether oxygens (including phenoxy) is 2. The standard InChI is InChI=1S/C25H28N2O4/c1-16(2)17-9-11-19(12-10-17)27-25-21(24(28)26-15-20-7-5-13-30-20)14-18-6-4-8-22(29-3)23(18)31-25/h4,6,8-12,14,16,20H,5,7,13,15H2,1-3H3,(H,26,28). The molecule has 1 atom stereocenters. The summed E-state index contributed by atoms with van der Waals surface area (Å²) in [4.78, 5) is 17.7. The normalized spacial score (nSPS) is 16.8. The molecule has 0 bridgehead atoms. The Bertz CT molecular complexity index is 1130. The van der Waals surface area contributed by atoms with Gasteiger partial charge in [0.1, 0.15) is 5.56 Å². The largest absolute Gasteiger partial charge is 0.493 e. The summed E-state index contributed by atoms with van der Waals surface area (Å²) in [5, 5.41) is 3.74. The summed E-state index contributed by atoms with van der Waals surface area (Å²) in [6.07, 6.45) is 2.04. The SMILES string of the molecule is COc1cccc2cc(C(=O)NCC3CCCO3)c(=Nc3ccc(C(C)C)cc3)oc12. The van der Waals surface area contributed by atoms with Gasteiger partial charge in [0.15, 0.2) is 11.3 Å². The van der Waals surface area contributed by atoms with E-state index in [0.29, 0.717) is 29.4 Å². The number of hydrogen-bond donors (Lipinski definition) is 1. The van der Waals surface area contributed by atoms with Gasteiger partial charge in [0.25, 0.3) is 5.91 Å². The van der Waals surface area contributed by atoms with Crippen LogP contribution in [0.5, 0.6) is 5.75 Å². The highest BCUT2D eigenvalue weighted by molar-refractivity contribution is 5.97. The van der Waals surface area contributed by atoms with Crippen LogP contribution < -0.4 is 15.6 Å². The van der Waals surface area contributed by atoms with E-state index in [-0.39, 0.29) is 17.6 Å². The lowest BCUT2D eigenvalue weighted by atomic mass is 10.0. The maximum Gasteiger partial charge on any atom is 0.256 e. The van der Waals surface area contributed by atoms with Gasteiger partial charge in [0, 0.05) is 18.5 Å². The number of fused-ring (bicyclic) bond motifs is 1. The fraction of sp³-hybridized carbons (Fsp3) is 0.360. The first-order valence-corrected chi connectivity index (χ1v) is 10.7. The summed E-state index contributed by atoms with van der Waals surface area (Å²) in [6.45, 7) is 5.51. The zero-order valence-electron chi connectivity index (χ0n) is 18.2. The topological polar surface area (TPSA) is 73.1 Å². The molecule has 1 aliphatic rings. The summed E-state index contributed by atoms with van der Waals surface area (Å²) in [5.74, 6) is 0.791. The quantitative estimate of drug-likeness (QED) is 0.627. The number of nitrogens with one attached hydrogen (secondary N) is 1. The molecule has 2 heterocycles. The van der Waals surface area contributed by atoms with E-state index in [9.17, 15) is 4.79 Å². The molecule has 1 fully saturated rings. The number of rotatable bonds is 6. The van der Waals surface area contributed by atoms with Crippen LogP contribution in [0.25, 0.3) is 11.0 Å². The fourth-order valence-electron chi connectivity index (χ4n) is 3.69. The minimum Gasteiger partial charge on any atom is -0.493 e. The van der Waals surface area contributed by atoms with Gasteiger partial charge in [0.2, 0.25) is 5.55 Å². The second-order valence-electron chi connectivity index (χ2n) is 8.05. The first-order valence-electron chi connectivity index (χ1n) is 10.7. The molecule has 6 heteroatoms. The Morgan fingerprint density at radius 1 is 1.23 bits per heavy atom. The molecule has 1 amide bonds. The molecule has 0 aliphatic carbocycles. The van der Waals surface area contributed by atoms with Crippen molar-refractivity contribution in [1.82, 2.24) is 5.32 Å². The van der Waals surface area contributed by atoms with Gasteiger partial charge in [-0.3, -0.25) is 4.79 Å². The number of carbonyl (C=O) groups is 1. The van der Waals surface area contributed by atoms with E-state index >= 15 is 0 Å². The number of para-hydroxylation sites is 1. The Hall–Kier alpha value is -3.12. The highest BCUT2D eigenvalue weighted by Crippen LogP contribution is 2.25. The van der Waals surface area contributed by atoms with Crippen molar-refractivity contribution in [2.75, 3.05) is 20.3 Å². The van der Waals surface area contributed by atoms with Gasteiger partial charge < -0.3 is 19.2 Å². The van der Waals surface area contributed by atoms with Gasteiger partial charge in [-0.15, -0.1) is 0 Å². The highest BCUT2D eigenvalue weighted by atomic mass is 16.5. The highest BCUT2D eigenvalue weighted by Gasteiger charge is 2.19. The first kappa shape index (κ1) is 21.1. The maximum absolute atomic E-state index is 13.0. The van der Waals surface area contributed by atoms with Crippen LogP contribution in [0.3, 0.4) is 0 Å². The third-order valence-corrected chi connectivity index (χ3v) is 5.51. The third kappa shape index (κ3) is 4.80. The predicted molar refractivity (Wildman–Crippen MR) is 120 cm³/mol. The second-order valence-corrected chi connectivity index (χ2v) is 8.05. The van der Waals surface area contributed by atoms with Gasteiger partial charge in [-0.2, -0.15) is 0 Å². The van der Waals surface area contributed by atoms with E-state index in [1.54, 1.807) is 13.2 Å². The minimum atomic E-state index is -0.235. The summed E-state index contributed by atoms with van der Waals surface area (Å²) in [5.41, 5.74) is 3.13. The Balaban J connectivity index is 1.76.